The van der Waals surface area contributed by atoms with Gasteiger partial charge in [0.05, 0.1) is 7.11 Å². The van der Waals surface area contributed by atoms with Crippen molar-refractivity contribution in [1.82, 2.24) is 4.90 Å². The van der Waals surface area contributed by atoms with Gasteiger partial charge in [0.25, 0.3) is 0 Å². The molecule has 0 aliphatic carbocycles. The van der Waals surface area contributed by atoms with E-state index >= 15 is 0 Å². The Balaban J connectivity index is 2.54. The number of rotatable bonds is 5. The summed E-state index contributed by atoms with van der Waals surface area (Å²) in [6.07, 6.45) is 0. The maximum Gasteiger partial charge on any atom is 0.119 e. The van der Waals surface area contributed by atoms with Gasteiger partial charge in [-0.1, -0.05) is 0 Å². The average molecular weight is 208 g/mol. The van der Waals surface area contributed by atoms with E-state index in [1.165, 1.54) is 5.69 Å². The molecule has 0 saturated carbocycles. The maximum atomic E-state index is 5.12. The van der Waals surface area contributed by atoms with Gasteiger partial charge >= 0.3 is 0 Å². The lowest BCUT2D eigenvalue weighted by Gasteiger charge is -2.21. The van der Waals surface area contributed by atoms with Crippen LogP contribution in [0.25, 0.3) is 0 Å². The lowest BCUT2D eigenvalue weighted by molar-refractivity contribution is 0.413. The molecule has 0 fully saturated rings. The summed E-state index contributed by atoms with van der Waals surface area (Å²) < 4.78 is 5.12. The van der Waals surface area contributed by atoms with Crippen molar-refractivity contribution in [2.24, 2.45) is 0 Å². The second-order valence-electron chi connectivity index (χ2n) is 3.92. The highest BCUT2D eigenvalue weighted by Crippen LogP contribution is 2.17. The van der Waals surface area contributed by atoms with Gasteiger partial charge in [0, 0.05) is 25.8 Å². The molecule has 3 nitrogen and oxygen atoms in total. The lowest BCUT2D eigenvalue weighted by atomic mass is 10.3. The molecule has 1 aromatic carbocycles. The third kappa shape index (κ3) is 3.80. The molecule has 15 heavy (non-hydrogen) atoms. The molecule has 0 saturated heterocycles. The number of nitrogens with zero attached hydrogens (tertiary/aromatic N) is 2. The maximum absolute atomic E-state index is 5.12. The predicted molar refractivity (Wildman–Crippen MR) is 64.8 cm³/mol. The first-order valence-corrected chi connectivity index (χ1v) is 5.13. The van der Waals surface area contributed by atoms with Gasteiger partial charge < -0.3 is 14.5 Å². The van der Waals surface area contributed by atoms with Crippen LogP contribution in [0, 0.1) is 0 Å². The smallest absolute Gasteiger partial charge is 0.119 e. The molecule has 0 bridgehead atoms. The summed E-state index contributed by atoms with van der Waals surface area (Å²) in [5.74, 6) is 0.903. The first kappa shape index (κ1) is 11.9. The Labute approximate surface area is 92.3 Å². The number of hydrogen-bond donors (Lipinski definition) is 0. The van der Waals surface area contributed by atoms with Crippen LogP contribution in [0.3, 0.4) is 0 Å². The summed E-state index contributed by atoms with van der Waals surface area (Å²) in [6.45, 7) is 2.09. The van der Waals surface area contributed by atoms with Crippen LogP contribution in [0.15, 0.2) is 24.3 Å². The number of likely N-dealkylation sites (N-methyl/N-ethyl adjacent to an activating group) is 2. The molecule has 0 heterocycles. The standard InChI is InChI=1S/C12H20N2O/c1-13(2)9-10-14(3)11-5-7-12(15-4)8-6-11/h5-8H,9-10H2,1-4H3. The highest BCUT2D eigenvalue weighted by Gasteiger charge is 2.01. The molecular formula is C12H20N2O. The molecule has 0 radical (unpaired) electrons. The van der Waals surface area contributed by atoms with Crippen molar-refractivity contribution in [3.8, 4) is 5.75 Å². The Bertz CT molecular complexity index is 282. The van der Waals surface area contributed by atoms with Crippen molar-refractivity contribution in [3.63, 3.8) is 0 Å². The predicted octanol–water partition coefficient (Wildman–Crippen LogP) is 1.69. The fraction of sp³-hybridized carbons (Fsp3) is 0.500. The number of methoxy groups -OCH3 is 1. The van der Waals surface area contributed by atoms with Crippen molar-refractivity contribution in [3.05, 3.63) is 24.3 Å². The Kier molecular flexibility index (Phi) is 4.43. The van der Waals surface area contributed by atoms with E-state index in [1.54, 1.807) is 7.11 Å². The minimum atomic E-state index is 0.903. The number of anilines is 1. The average Bonchev–Trinajstić information content (AvgIpc) is 2.26. The molecule has 3 heteroatoms. The summed E-state index contributed by atoms with van der Waals surface area (Å²) in [4.78, 5) is 4.42. The van der Waals surface area contributed by atoms with Crippen molar-refractivity contribution >= 4 is 5.69 Å². The largest absolute Gasteiger partial charge is 0.497 e. The van der Waals surface area contributed by atoms with Crippen LogP contribution >= 0.6 is 0 Å². The van der Waals surface area contributed by atoms with Crippen LogP contribution < -0.4 is 9.64 Å². The molecule has 0 aromatic heterocycles. The van der Waals surface area contributed by atoms with E-state index < -0.39 is 0 Å². The van der Waals surface area contributed by atoms with Crippen LogP contribution in [0.5, 0.6) is 5.75 Å². The van der Waals surface area contributed by atoms with Crippen molar-refractivity contribution in [1.29, 1.82) is 0 Å². The summed E-state index contributed by atoms with van der Waals surface area (Å²) in [6, 6.07) is 8.13. The third-order valence-electron chi connectivity index (χ3n) is 2.40. The molecule has 1 rings (SSSR count). The lowest BCUT2D eigenvalue weighted by Crippen LogP contribution is -2.28. The van der Waals surface area contributed by atoms with Crippen LogP contribution in [-0.4, -0.2) is 46.2 Å². The normalized spacial score (nSPS) is 10.5. The molecule has 0 aliphatic heterocycles. The zero-order chi connectivity index (χ0) is 11.3. The summed E-state index contributed by atoms with van der Waals surface area (Å²) in [5.41, 5.74) is 1.22. The summed E-state index contributed by atoms with van der Waals surface area (Å²) >= 11 is 0. The van der Waals surface area contributed by atoms with E-state index in [0.717, 1.165) is 18.8 Å². The highest BCUT2D eigenvalue weighted by molar-refractivity contribution is 5.48. The topological polar surface area (TPSA) is 15.7 Å². The van der Waals surface area contributed by atoms with E-state index in [-0.39, 0.29) is 0 Å². The van der Waals surface area contributed by atoms with Crippen LogP contribution in [0.2, 0.25) is 0 Å². The van der Waals surface area contributed by atoms with Gasteiger partial charge in [0.15, 0.2) is 0 Å². The van der Waals surface area contributed by atoms with Gasteiger partial charge in [-0.2, -0.15) is 0 Å². The van der Waals surface area contributed by atoms with Gasteiger partial charge in [-0.25, -0.2) is 0 Å². The zero-order valence-corrected chi connectivity index (χ0v) is 10.0. The van der Waals surface area contributed by atoms with Crippen molar-refractivity contribution < 1.29 is 4.74 Å². The minimum absolute atomic E-state index is 0.903. The van der Waals surface area contributed by atoms with Crippen LogP contribution in [-0.2, 0) is 0 Å². The van der Waals surface area contributed by atoms with Crippen LogP contribution in [0.1, 0.15) is 0 Å². The Hall–Kier alpha value is -1.22. The van der Waals surface area contributed by atoms with Crippen molar-refractivity contribution in [2.75, 3.05) is 46.2 Å². The highest BCUT2D eigenvalue weighted by atomic mass is 16.5. The monoisotopic (exact) mass is 208 g/mol. The minimum Gasteiger partial charge on any atom is -0.497 e. The molecular weight excluding hydrogens is 188 g/mol. The molecule has 0 aliphatic rings. The quantitative estimate of drug-likeness (QED) is 0.732. The van der Waals surface area contributed by atoms with E-state index in [1.807, 2.05) is 12.1 Å². The number of benzene rings is 1. The van der Waals surface area contributed by atoms with Gasteiger partial charge in [0.1, 0.15) is 5.75 Å². The number of ether oxygens (including phenoxy) is 1. The van der Waals surface area contributed by atoms with E-state index in [0.29, 0.717) is 0 Å². The van der Waals surface area contributed by atoms with Crippen molar-refractivity contribution in [2.45, 2.75) is 0 Å². The van der Waals surface area contributed by atoms with E-state index in [4.69, 9.17) is 4.74 Å². The SMILES string of the molecule is COc1ccc(N(C)CCN(C)C)cc1. The summed E-state index contributed by atoms with van der Waals surface area (Å²) in [7, 11) is 7.96. The van der Waals surface area contributed by atoms with Gasteiger partial charge in [0.2, 0.25) is 0 Å². The first-order valence-electron chi connectivity index (χ1n) is 5.13. The molecule has 0 atom stereocenters. The Morgan fingerprint density at radius 1 is 1.00 bits per heavy atom. The Morgan fingerprint density at radius 3 is 2.07 bits per heavy atom. The Morgan fingerprint density at radius 2 is 1.60 bits per heavy atom. The van der Waals surface area contributed by atoms with Gasteiger partial charge in [-0.05, 0) is 38.4 Å². The van der Waals surface area contributed by atoms with Gasteiger partial charge in [-0.15, -0.1) is 0 Å². The third-order valence-corrected chi connectivity index (χ3v) is 2.40. The second-order valence-corrected chi connectivity index (χ2v) is 3.92. The molecule has 0 amide bonds. The second kappa shape index (κ2) is 5.61. The molecule has 84 valence electrons. The molecule has 0 spiro atoms. The van der Waals surface area contributed by atoms with Gasteiger partial charge in [-0.3, -0.25) is 0 Å². The fourth-order valence-electron chi connectivity index (χ4n) is 1.32. The zero-order valence-electron chi connectivity index (χ0n) is 10.0. The van der Waals surface area contributed by atoms with E-state index in [2.05, 4.69) is 43.1 Å². The van der Waals surface area contributed by atoms with E-state index in [9.17, 15) is 0 Å². The fourth-order valence-corrected chi connectivity index (χ4v) is 1.32. The molecule has 0 N–H and O–H groups in total. The first-order chi connectivity index (χ1) is 7.13. The summed E-state index contributed by atoms with van der Waals surface area (Å²) in [5, 5.41) is 0. The molecule has 0 unspecified atom stereocenters. The molecule has 1 aromatic rings. The number of hydrogen-bond acceptors (Lipinski definition) is 3. The van der Waals surface area contributed by atoms with Crippen LogP contribution in [0.4, 0.5) is 5.69 Å².